The van der Waals surface area contributed by atoms with Crippen LogP contribution in [0.1, 0.15) is 18.4 Å². The summed E-state index contributed by atoms with van der Waals surface area (Å²) in [4.78, 5) is 2.37. The van der Waals surface area contributed by atoms with Crippen LogP contribution in [0.15, 0.2) is 24.3 Å². The van der Waals surface area contributed by atoms with Gasteiger partial charge in [-0.05, 0) is 37.1 Å². The summed E-state index contributed by atoms with van der Waals surface area (Å²) in [6, 6.07) is 6.86. The predicted octanol–water partition coefficient (Wildman–Crippen LogP) is 2.41. The summed E-state index contributed by atoms with van der Waals surface area (Å²) >= 11 is 0. The molecule has 2 aliphatic heterocycles. The largest absolute Gasteiger partial charge is 0.350 e. The highest BCUT2D eigenvalue weighted by Crippen LogP contribution is 2.25. The van der Waals surface area contributed by atoms with Crippen LogP contribution < -0.4 is 0 Å². The summed E-state index contributed by atoms with van der Waals surface area (Å²) < 4.78 is 24.4. The van der Waals surface area contributed by atoms with Gasteiger partial charge in [0.2, 0.25) is 0 Å². The first-order chi connectivity index (χ1) is 9.31. The van der Waals surface area contributed by atoms with Crippen molar-refractivity contribution in [3.8, 4) is 0 Å². The molecule has 0 amide bonds. The van der Waals surface area contributed by atoms with Crippen LogP contribution in [0.5, 0.6) is 0 Å². The van der Waals surface area contributed by atoms with E-state index in [2.05, 4.69) is 4.90 Å². The Morgan fingerprint density at radius 3 is 2.89 bits per heavy atom. The minimum Gasteiger partial charge on any atom is -0.350 e. The first-order valence-electron chi connectivity index (χ1n) is 7.01. The van der Waals surface area contributed by atoms with Gasteiger partial charge in [-0.2, -0.15) is 0 Å². The summed E-state index contributed by atoms with van der Waals surface area (Å²) in [6.45, 7) is 4.28. The maximum absolute atomic E-state index is 13.2. The van der Waals surface area contributed by atoms with Gasteiger partial charge in [0.15, 0.2) is 6.29 Å². The van der Waals surface area contributed by atoms with Gasteiger partial charge >= 0.3 is 0 Å². The molecule has 0 unspecified atom stereocenters. The molecule has 0 radical (unpaired) electrons. The zero-order valence-electron chi connectivity index (χ0n) is 11.1. The lowest BCUT2D eigenvalue weighted by Gasteiger charge is -2.34. The van der Waals surface area contributed by atoms with Crippen molar-refractivity contribution in [3.05, 3.63) is 35.6 Å². The zero-order chi connectivity index (χ0) is 13.1. The van der Waals surface area contributed by atoms with E-state index >= 15 is 0 Å². The molecule has 104 valence electrons. The van der Waals surface area contributed by atoms with Crippen molar-refractivity contribution in [2.45, 2.75) is 25.7 Å². The van der Waals surface area contributed by atoms with E-state index in [4.69, 9.17) is 9.47 Å². The third-order valence-electron chi connectivity index (χ3n) is 3.87. The van der Waals surface area contributed by atoms with Crippen LogP contribution in [0.2, 0.25) is 0 Å². The van der Waals surface area contributed by atoms with Crippen molar-refractivity contribution in [2.75, 3.05) is 26.3 Å². The second-order valence-electron chi connectivity index (χ2n) is 5.38. The van der Waals surface area contributed by atoms with Gasteiger partial charge in [0.25, 0.3) is 0 Å². The molecule has 0 aliphatic carbocycles. The smallest absolute Gasteiger partial charge is 0.161 e. The second-order valence-corrected chi connectivity index (χ2v) is 5.38. The van der Waals surface area contributed by atoms with Gasteiger partial charge in [-0.25, -0.2) is 4.39 Å². The lowest BCUT2D eigenvalue weighted by molar-refractivity contribution is -0.101. The number of nitrogens with zero attached hydrogens (tertiary/aromatic N) is 1. The monoisotopic (exact) mass is 265 g/mol. The zero-order valence-corrected chi connectivity index (χ0v) is 11.1. The van der Waals surface area contributed by atoms with Crippen molar-refractivity contribution >= 4 is 0 Å². The van der Waals surface area contributed by atoms with Crippen molar-refractivity contribution in [1.29, 1.82) is 0 Å². The molecule has 2 aliphatic rings. The second kappa shape index (κ2) is 5.99. The number of rotatable bonds is 3. The van der Waals surface area contributed by atoms with E-state index in [-0.39, 0.29) is 12.1 Å². The Kier molecular flexibility index (Phi) is 4.11. The molecule has 1 aromatic carbocycles. The highest BCUT2D eigenvalue weighted by atomic mass is 19.1. The molecule has 3 rings (SSSR count). The van der Waals surface area contributed by atoms with Gasteiger partial charge in [0, 0.05) is 19.0 Å². The molecule has 1 aromatic rings. The molecule has 0 spiro atoms. The van der Waals surface area contributed by atoms with Gasteiger partial charge in [-0.1, -0.05) is 12.1 Å². The van der Waals surface area contributed by atoms with Crippen LogP contribution in [0, 0.1) is 11.7 Å². The topological polar surface area (TPSA) is 21.7 Å². The third-order valence-corrected chi connectivity index (χ3v) is 3.87. The van der Waals surface area contributed by atoms with Gasteiger partial charge in [0.05, 0.1) is 13.2 Å². The predicted molar refractivity (Wildman–Crippen MR) is 70.1 cm³/mol. The number of hydrogen-bond donors (Lipinski definition) is 0. The van der Waals surface area contributed by atoms with E-state index in [0.29, 0.717) is 19.1 Å². The maximum atomic E-state index is 13.2. The molecular weight excluding hydrogens is 245 g/mol. The van der Waals surface area contributed by atoms with Crippen LogP contribution in [0.3, 0.4) is 0 Å². The molecule has 0 N–H and O–H groups in total. The van der Waals surface area contributed by atoms with E-state index in [0.717, 1.165) is 38.0 Å². The highest BCUT2D eigenvalue weighted by Gasteiger charge is 2.30. The normalized spacial score (nSPS) is 25.8. The van der Waals surface area contributed by atoms with Crippen LogP contribution in [-0.4, -0.2) is 37.5 Å². The first-order valence-corrected chi connectivity index (χ1v) is 7.01. The van der Waals surface area contributed by atoms with Gasteiger partial charge in [0.1, 0.15) is 5.82 Å². The fourth-order valence-electron chi connectivity index (χ4n) is 3.00. The standard InChI is InChI=1S/C15H20FNO2/c16-14-5-1-3-12(9-14)10-17-6-2-4-13(11-17)15-18-7-8-19-15/h1,3,5,9,13,15H,2,4,6-8,10-11H2/t13-/m1/s1. The fraction of sp³-hybridized carbons (Fsp3) is 0.600. The summed E-state index contributed by atoms with van der Waals surface area (Å²) in [6.07, 6.45) is 2.28. The Labute approximate surface area is 113 Å². The van der Waals surface area contributed by atoms with Crippen LogP contribution in [0.25, 0.3) is 0 Å². The van der Waals surface area contributed by atoms with Crippen molar-refractivity contribution in [1.82, 2.24) is 4.90 Å². The van der Waals surface area contributed by atoms with Crippen LogP contribution in [-0.2, 0) is 16.0 Å². The van der Waals surface area contributed by atoms with Crippen molar-refractivity contribution in [2.24, 2.45) is 5.92 Å². The molecule has 19 heavy (non-hydrogen) atoms. The molecule has 0 saturated carbocycles. The quantitative estimate of drug-likeness (QED) is 0.837. The van der Waals surface area contributed by atoms with E-state index in [1.165, 1.54) is 6.07 Å². The number of piperidine rings is 1. The fourth-order valence-corrected chi connectivity index (χ4v) is 3.00. The minimum atomic E-state index is -0.159. The summed E-state index contributed by atoms with van der Waals surface area (Å²) in [5, 5.41) is 0. The third kappa shape index (κ3) is 3.32. The highest BCUT2D eigenvalue weighted by molar-refractivity contribution is 5.16. The molecular formula is C15H20FNO2. The van der Waals surface area contributed by atoms with E-state index in [1.807, 2.05) is 6.07 Å². The Morgan fingerprint density at radius 2 is 2.11 bits per heavy atom. The minimum absolute atomic E-state index is 0.0321. The molecule has 2 fully saturated rings. The maximum Gasteiger partial charge on any atom is 0.161 e. The van der Waals surface area contributed by atoms with Crippen molar-refractivity contribution < 1.29 is 13.9 Å². The summed E-state index contributed by atoms with van der Waals surface area (Å²) in [5.74, 6) is 0.290. The first kappa shape index (κ1) is 13.0. The van der Waals surface area contributed by atoms with Gasteiger partial charge in [-0.3, -0.25) is 4.90 Å². The van der Waals surface area contributed by atoms with Crippen molar-refractivity contribution in [3.63, 3.8) is 0 Å². The van der Waals surface area contributed by atoms with E-state index in [9.17, 15) is 4.39 Å². The molecule has 3 nitrogen and oxygen atoms in total. The lowest BCUT2D eigenvalue weighted by Crippen LogP contribution is -2.40. The number of hydrogen-bond acceptors (Lipinski definition) is 3. The van der Waals surface area contributed by atoms with Gasteiger partial charge < -0.3 is 9.47 Å². The van der Waals surface area contributed by atoms with E-state index < -0.39 is 0 Å². The van der Waals surface area contributed by atoms with Gasteiger partial charge in [-0.15, -0.1) is 0 Å². The molecule has 2 heterocycles. The van der Waals surface area contributed by atoms with Crippen LogP contribution in [0.4, 0.5) is 4.39 Å². The average molecular weight is 265 g/mol. The number of benzene rings is 1. The molecule has 0 aromatic heterocycles. The Bertz CT molecular complexity index is 420. The SMILES string of the molecule is Fc1cccc(CN2CCC[C@@H](C3OCCO3)C2)c1. The Balaban J connectivity index is 1.58. The van der Waals surface area contributed by atoms with E-state index in [1.54, 1.807) is 12.1 Å². The molecule has 2 saturated heterocycles. The molecule has 0 bridgehead atoms. The number of ether oxygens (including phenoxy) is 2. The number of halogens is 1. The average Bonchev–Trinajstić information content (AvgIpc) is 2.93. The Morgan fingerprint density at radius 1 is 1.26 bits per heavy atom. The summed E-state index contributed by atoms with van der Waals surface area (Å²) in [5.41, 5.74) is 1.04. The molecule has 1 atom stereocenters. The summed E-state index contributed by atoms with van der Waals surface area (Å²) in [7, 11) is 0. The molecule has 4 heteroatoms. The lowest BCUT2D eigenvalue weighted by atomic mass is 9.97. The van der Waals surface area contributed by atoms with Crippen LogP contribution >= 0.6 is 0 Å². The number of likely N-dealkylation sites (tertiary alicyclic amines) is 1. The Hall–Kier alpha value is -0.970.